The van der Waals surface area contributed by atoms with Gasteiger partial charge in [-0.05, 0) is 12.8 Å². The summed E-state index contributed by atoms with van der Waals surface area (Å²) >= 11 is 0. The molecule has 0 aromatic heterocycles. The first-order valence-electron chi connectivity index (χ1n) is 8.00. The molecule has 122 valence electrons. The van der Waals surface area contributed by atoms with Gasteiger partial charge in [0.25, 0.3) is 0 Å². The van der Waals surface area contributed by atoms with Gasteiger partial charge in [-0.1, -0.05) is 46.5 Å². The maximum atomic E-state index is 11.8. The van der Waals surface area contributed by atoms with E-state index in [1.807, 2.05) is 20.8 Å². The lowest BCUT2D eigenvalue weighted by Gasteiger charge is -2.26. The molecule has 1 saturated carbocycles. The van der Waals surface area contributed by atoms with Crippen molar-refractivity contribution in [2.45, 2.75) is 71.3 Å². The first-order valence-corrected chi connectivity index (χ1v) is 8.00. The Hall–Kier alpha value is -1.10. The number of aliphatic hydroxyl groups is 1. The summed E-state index contributed by atoms with van der Waals surface area (Å²) < 4.78 is 0. The van der Waals surface area contributed by atoms with Gasteiger partial charge in [-0.2, -0.15) is 0 Å². The lowest BCUT2D eigenvalue weighted by atomic mass is 9.94. The third-order valence-electron chi connectivity index (χ3n) is 3.97. The Morgan fingerprint density at radius 1 is 1.05 bits per heavy atom. The second-order valence-electron chi connectivity index (χ2n) is 7.17. The van der Waals surface area contributed by atoms with Crippen molar-refractivity contribution in [2.75, 3.05) is 13.1 Å². The predicted molar refractivity (Wildman–Crippen MR) is 82.7 cm³/mol. The van der Waals surface area contributed by atoms with Crippen molar-refractivity contribution in [1.29, 1.82) is 0 Å². The highest BCUT2D eigenvalue weighted by molar-refractivity contribution is 5.82. The smallest absolute Gasteiger partial charge is 0.225 e. The van der Waals surface area contributed by atoms with Gasteiger partial charge in [0.2, 0.25) is 11.8 Å². The fraction of sp³-hybridized carbons (Fsp3) is 0.875. The molecule has 0 unspecified atom stereocenters. The topological polar surface area (TPSA) is 78.4 Å². The normalized spacial score (nSPS) is 18.7. The fourth-order valence-electron chi connectivity index (χ4n) is 2.47. The largest absolute Gasteiger partial charge is 0.388 e. The first kappa shape index (κ1) is 18.0. The van der Waals surface area contributed by atoms with Gasteiger partial charge in [0.05, 0.1) is 5.60 Å². The minimum absolute atomic E-state index is 0.0577. The van der Waals surface area contributed by atoms with Crippen LogP contribution in [0, 0.1) is 5.41 Å². The minimum Gasteiger partial charge on any atom is -0.388 e. The van der Waals surface area contributed by atoms with Crippen LogP contribution in [0.15, 0.2) is 0 Å². The van der Waals surface area contributed by atoms with Crippen LogP contribution >= 0.6 is 0 Å². The van der Waals surface area contributed by atoms with Crippen molar-refractivity contribution in [3.63, 3.8) is 0 Å². The zero-order valence-electron chi connectivity index (χ0n) is 13.6. The summed E-state index contributed by atoms with van der Waals surface area (Å²) in [7, 11) is 0. The lowest BCUT2D eigenvalue weighted by Crippen LogP contribution is -2.43. The molecular formula is C16H30N2O3. The van der Waals surface area contributed by atoms with Crippen molar-refractivity contribution in [1.82, 2.24) is 10.6 Å². The van der Waals surface area contributed by atoms with Gasteiger partial charge >= 0.3 is 0 Å². The fourth-order valence-corrected chi connectivity index (χ4v) is 2.47. The Morgan fingerprint density at radius 2 is 1.62 bits per heavy atom. The number of hydrogen-bond donors (Lipinski definition) is 3. The van der Waals surface area contributed by atoms with Gasteiger partial charge < -0.3 is 15.7 Å². The molecule has 1 aliphatic rings. The van der Waals surface area contributed by atoms with Crippen molar-refractivity contribution in [3.8, 4) is 0 Å². The van der Waals surface area contributed by atoms with E-state index in [2.05, 4.69) is 10.6 Å². The molecule has 0 spiro atoms. The SMILES string of the molecule is CC(C)(C)C(=O)NCCC(=O)NCC1(O)CCCCCC1. The van der Waals surface area contributed by atoms with Gasteiger partial charge in [0, 0.05) is 24.9 Å². The van der Waals surface area contributed by atoms with E-state index in [9.17, 15) is 14.7 Å². The van der Waals surface area contributed by atoms with Gasteiger partial charge in [-0.3, -0.25) is 9.59 Å². The van der Waals surface area contributed by atoms with E-state index in [4.69, 9.17) is 0 Å². The zero-order valence-corrected chi connectivity index (χ0v) is 13.6. The molecule has 0 bridgehead atoms. The molecule has 5 nitrogen and oxygen atoms in total. The summed E-state index contributed by atoms with van der Waals surface area (Å²) in [5, 5.41) is 16.0. The Bertz CT molecular complexity index is 353. The first-order chi connectivity index (χ1) is 9.73. The number of carbonyl (C=O) groups excluding carboxylic acids is 2. The van der Waals surface area contributed by atoms with E-state index in [1.165, 1.54) is 0 Å². The van der Waals surface area contributed by atoms with Crippen LogP contribution in [0.5, 0.6) is 0 Å². The van der Waals surface area contributed by atoms with E-state index >= 15 is 0 Å². The highest BCUT2D eigenvalue weighted by atomic mass is 16.3. The third-order valence-corrected chi connectivity index (χ3v) is 3.97. The van der Waals surface area contributed by atoms with Crippen LogP contribution in [-0.2, 0) is 9.59 Å². The molecule has 5 heteroatoms. The molecule has 1 fully saturated rings. The summed E-state index contributed by atoms with van der Waals surface area (Å²) in [6.45, 7) is 6.16. The van der Waals surface area contributed by atoms with E-state index in [0.717, 1.165) is 38.5 Å². The molecule has 2 amide bonds. The van der Waals surface area contributed by atoms with Crippen LogP contribution in [0.1, 0.15) is 65.7 Å². The van der Waals surface area contributed by atoms with Gasteiger partial charge in [0.1, 0.15) is 0 Å². The molecule has 0 saturated heterocycles. The maximum absolute atomic E-state index is 11.8. The second kappa shape index (κ2) is 7.78. The lowest BCUT2D eigenvalue weighted by molar-refractivity contribution is -0.128. The van der Waals surface area contributed by atoms with Crippen molar-refractivity contribution < 1.29 is 14.7 Å². The van der Waals surface area contributed by atoms with Crippen LogP contribution in [0.4, 0.5) is 0 Å². The van der Waals surface area contributed by atoms with Gasteiger partial charge in [0.15, 0.2) is 0 Å². The Morgan fingerprint density at radius 3 is 2.14 bits per heavy atom. The van der Waals surface area contributed by atoms with E-state index in [1.54, 1.807) is 0 Å². The molecule has 1 rings (SSSR count). The summed E-state index contributed by atoms with van der Waals surface area (Å²) in [5.74, 6) is -0.181. The molecule has 0 aromatic rings. The van der Waals surface area contributed by atoms with Crippen molar-refractivity contribution in [3.05, 3.63) is 0 Å². The Labute approximate surface area is 127 Å². The molecule has 0 radical (unpaired) electrons. The molecule has 21 heavy (non-hydrogen) atoms. The minimum atomic E-state index is -0.749. The average molecular weight is 298 g/mol. The number of amides is 2. The van der Waals surface area contributed by atoms with E-state index < -0.39 is 11.0 Å². The monoisotopic (exact) mass is 298 g/mol. The molecule has 0 aromatic carbocycles. The Kier molecular flexibility index (Phi) is 6.65. The quantitative estimate of drug-likeness (QED) is 0.677. The number of hydrogen-bond acceptors (Lipinski definition) is 3. The zero-order chi connectivity index (χ0) is 15.9. The molecule has 0 aliphatic heterocycles. The summed E-state index contributed by atoms with van der Waals surface area (Å²) in [6.07, 6.45) is 6.13. The number of carbonyl (C=O) groups is 2. The van der Waals surface area contributed by atoms with E-state index in [0.29, 0.717) is 13.1 Å². The maximum Gasteiger partial charge on any atom is 0.225 e. The van der Waals surface area contributed by atoms with Crippen molar-refractivity contribution in [2.24, 2.45) is 5.41 Å². The van der Waals surface area contributed by atoms with Crippen LogP contribution in [0.2, 0.25) is 0 Å². The molecule has 0 atom stereocenters. The molecule has 1 aliphatic carbocycles. The van der Waals surface area contributed by atoms with Crippen LogP contribution in [0.3, 0.4) is 0 Å². The molecular weight excluding hydrogens is 268 g/mol. The predicted octanol–water partition coefficient (Wildman–Crippen LogP) is 1.74. The van der Waals surface area contributed by atoms with Gasteiger partial charge in [-0.15, -0.1) is 0 Å². The highest BCUT2D eigenvalue weighted by Gasteiger charge is 2.28. The van der Waals surface area contributed by atoms with Gasteiger partial charge in [-0.25, -0.2) is 0 Å². The number of nitrogens with one attached hydrogen (secondary N) is 2. The average Bonchev–Trinajstić information content (AvgIpc) is 2.61. The standard InChI is InChI=1S/C16H30N2O3/c1-15(2,3)14(20)17-11-8-13(19)18-12-16(21)9-6-4-5-7-10-16/h21H,4-12H2,1-3H3,(H,17,20)(H,18,19). The number of rotatable bonds is 5. The molecule has 3 N–H and O–H groups in total. The third kappa shape index (κ3) is 6.93. The van der Waals surface area contributed by atoms with Crippen LogP contribution in [0.25, 0.3) is 0 Å². The summed E-state index contributed by atoms with van der Waals surface area (Å²) in [6, 6.07) is 0. The van der Waals surface area contributed by atoms with Crippen LogP contribution < -0.4 is 10.6 Å². The molecule has 0 heterocycles. The second-order valence-corrected chi connectivity index (χ2v) is 7.17. The summed E-state index contributed by atoms with van der Waals surface area (Å²) in [5.41, 5.74) is -1.19. The van der Waals surface area contributed by atoms with Crippen LogP contribution in [-0.4, -0.2) is 35.6 Å². The highest BCUT2D eigenvalue weighted by Crippen LogP contribution is 2.26. The Balaban J connectivity index is 2.23. The van der Waals surface area contributed by atoms with Crippen molar-refractivity contribution >= 4 is 11.8 Å². The van der Waals surface area contributed by atoms with E-state index in [-0.39, 0.29) is 18.2 Å². The summed E-state index contributed by atoms with van der Waals surface area (Å²) in [4.78, 5) is 23.4.